The fourth-order valence-electron chi connectivity index (χ4n) is 2.91. The highest BCUT2D eigenvalue weighted by atomic mass is 16.6. The first-order valence-corrected chi connectivity index (χ1v) is 9.92. The van der Waals surface area contributed by atoms with E-state index in [1.54, 1.807) is 0 Å². The highest BCUT2D eigenvalue weighted by molar-refractivity contribution is 4.85. The number of nitrogens with zero attached hydrogens (tertiary/aromatic N) is 3. The van der Waals surface area contributed by atoms with E-state index in [-0.39, 0.29) is 38.4 Å². The Morgan fingerprint density at radius 3 is 1.86 bits per heavy atom. The molecule has 2 aliphatic rings. The number of epoxide rings is 2. The van der Waals surface area contributed by atoms with Gasteiger partial charge in [-0.3, -0.25) is 0 Å². The zero-order valence-corrected chi connectivity index (χ0v) is 16.5. The van der Waals surface area contributed by atoms with Crippen LogP contribution in [-0.2, 0) is 38.6 Å². The lowest BCUT2D eigenvalue weighted by Gasteiger charge is -2.20. The van der Waals surface area contributed by atoms with Gasteiger partial charge in [0.1, 0.15) is 0 Å². The van der Waals surface area contributed by atoms with E-state index in [0.717, 1.165) is 26.5 Å². The minimum absolute atomic E-state index is 0.0265. The summed E-state index contributed by atoms with van der Waals surface area (Å²) in [5.41, 5.74) is -1.90. The number of rotatable bonds is 13. The van der Waals surface area contributed by atoms with Crippen molar-refractivity contribution in [1.29, 1.82) is 0 Å². The summed E-state index contributed by atoms with van der Waals surface area (Å²) in [6, 6.07) is 0. The molecule has 28 heavy (non-hydrogen) atoms. The molecular formula is C18H29N3O7. The van der Waals surface area contributed by atoms with Crippen LogP contribution in [0.5, 0.6) is 0 Å². The minimum atomic E-state index is -0.640. The Kier molecular flexibility index (Phi) is 7.22. The van der Waals surface area contributed by atoms with E-state index < -0.39 is 23.2 Å². The largest absolute Gasteiger partial charge is 0.379 e. The van der Waals surface area contributed by atoms with E-state index in [1.165, 1.54) is 0 Å². The lowest BCUT2D eigenvalue weighted by atomic mass is 10.3. The summed E-state index contributed by atoms with van der Waals surface area (Å²) in [6.45, 7) is 6.63. The van der Waals surface area contributed by atoms with E-state index in [9.17, 15) is 14.4 Å². The lowest BCUT2D eigenvalue weighted by Crippen LogP contribution is -2.56. The van der Waals surface area contributed by atoms with E-state index >= 15 is 0 Å². The molecule has 1 aromatic heterocycles. The second-order valence-electron chi connectivity index (χ2n) is 7.16. The molecule has 158 valence electrons. The van der Waals surface area contributed by atoms with Crippen LogP contribution in [0.15, 0.2) is 14.4 Å². The number of ether oxygens (including phenoxy) is 4. The Labute approximate surface area is 162 Å². The van der Waals surface area contributed by atoms with Crippen molar-refractivity contribution in [1.82, 2.24) is 13.7 Å². The van der Waals surface area contributed by atoms with Crippen LogP contribution in [0.3, 0.4) is 0 Å². The smallest absolute Gasteiger partial charge is 0.336 e. The Hall–Kier alpha value is -1.75. The summed E-state index contributed by atoms with van der Waals surface area (Å²) < 4.78 is 24.9. The third-order valence-electron chi connectivity index (χ3n) is 4.56. The fourth-order valence-corrected chi connectivity index (χ4v) is 2.91. The van der Waals surface area contributed by atoms with Gasteiger partial charge < -0.3 is 18.9 Å². The second-order valence-corrected chi connectivity index (χ2v) is 7.16. The summed E-state index contributed by atoms with van der Waals surface area (Å²) in [5, 5.41) is 0. The molecule has 2 fully saturated rings. The highest BCUT2D eigenvalue weighted by Crippen LogP contribution is 2.10. The van der Waals surface area contributed by atoms with Gasteiger partial charge in [-0.05, 0) is 12.8 Å². The monoisotopic (exact) mass is 399 g/mol. The van der Waals surface area contributed by atoms with Gasteiger partial charge in [-0.15, -0.1) is 0 Å². The van der Waals surface area contributed by atoms with Crippen LogP contribution in [0.4, 0.5) is 0 Å². The number of hydrogen-bond acceptors (Lipinski definition) is 7. The summed E-state index contributed by atoms with van der Waals surface area (Å²) in [4.78, 5) is 38.5. The molecule has 2 aliphatic heterocycles. The molecule has 0 bridgehead atoms. The van der Waals surface area contributed by atoms with Gasteiger partial charge in [0.15, 0.2) is 0 Å². The molecule has 0 aliphatic carbocycles. The first-order chi connectivity index (χ1) is 13.5. The second kappa shape index (κ2) is 9.64. The molecular weight excluding hydrogens is 370 g/mol. The number of aromatic nitrogens is 3. The van der Waals surface area contributed by atoms with Gasteiger partial charge in [0.05, 0.1) is 57.8 Å². The van der Waals surface area contributed by atoms with Gasteiger partial charge >= 0.3 is 17.1 Å². The average Bonchev–Trinajstić information content (AvgIpc) is 3.59. The third kappa shape index (κ3) is 5.40. The Balaban J connectivity index is 1.90. The lowest BCUT2D eigenvalue weighted by molar-refractivity contribution is -0.0258. The van der Waals surface area contributed by atoms with Crippen LogP contribution in [0.25, 0.3) is 0 Å². The molecule has 2 saturated heterocycles. The Morgan fingerprint density at radius 2 is 1.39 bits per heavy atom. The predicted octanol–water partition coefficient (Wildman–Crippen LogP) is -0.809. The summed E-state index contributed by atoms with van der Waals surface area (Å²) in [6.07, 6.45) is 0.886. The van der Waals surface area contributed by atoms with Crippen LogP contribution < -0.4 is 17.1 Å². The molecule has 10 heteroatoms. The summed E-state index contributed by atoms with van der Waals surface area (Å²) in [5.74, 6) is 0. The molecule has 0 spiro atoms. The molecule has 0 amide bonds. The van der Waals surface area contributed by atoms with Crippen molar-refractivity contribution in [3.05, 3.63) is 31.5 Å². The van der Waals surface area contributed by atoms with Crippen LogP contribution in [-0.4, -0.2) is 65.0 Å². The van der Waals surface area contributed by atoms with Crippen molar-refractivity contribution in [3.63, 3.8) is 0 Å². The SMILES string of the molecule is CCCOCC(Cn1c(=O)n(CC2CO2)c(=O)n(CC2CO2)c1=O)OCCC. The molecule has 1 aromatic rings. The molecule has 10 nitrogen and oxygen atoms in total. The van der Waals surface area contributed by atoms with Crippen molar-refractivity contribution >= 4 is 0 Å². The average molecular weight is 399 g/mol. The van der Waals surface area contributed by atoms with Crippen molar-refractivity contribution in [2.75, 3.05) is 33.0 Å². The summed E-state index contributed by atoms with van der Waals surface area (Å²) in [7, 11) is 0. The Morgan fingerprint density at radius 1 is 0.893 bits per heavy atom. The van der Waals surface area contributed by atoms with Crippen LogP contribution in [0.1, 0.15) is 26.7 Å². The van der Waals surface area contributed by atoms with Crippen molar-refractivity contribution < 1.29 is 18.9 Å². The maximum Gasteiger partial charge on any atom is 0.336 e. The number of hydrogen-bond donors (Lipinski definition) is 0. The van der Waals surface area contributed by atoms with Crippen LogP contribution >= 0.6 is 0 Å². The van der Waals surface area contributed by atoms with Crippen LogP contribution in [0, 0.1) is 0 Å². The first kappa shape index (κ1) is 21.0. The van der Waals surface area contributed by atoms with Gasteiger partial charge in [0, 0.05) is 13.2 Å². The topological polar surface area (TPSA) is 110 Å². The highest BCUT2D eigenvalue weighted by Gasteiger charge is 2.30. The first-order valence-electron chi connectivity index (χ1n) is 9.92. The normalized spacial score (nSPS) is 21.6. The van der Waals surface area contributed by atoms with E-state index in [1.807, 2.05) is 13.8 Å². The van der Waals surface area contributed by atoms with E-state index in [4.69, 9.17) is 18.9 Å². The van der Waals surface area contributed by atoms with Crippen molar-refractivity contribution in [2.45, 2.75) is 64.6 Å². The van der Waals surface area contributed by atoms with Gasteiger partial charge in [0.25, 0.3) is 0 Å². The fraction of sp³-hybridized carbons (Fsp3) is 0.833. The Bertz CT molecular complexity index is 768. The van der Waals surface area contributed by atoms with Crippen molar-refractivity contribution in [3.8, 4) is 0 Å². The van der Waals surface area contributed by atoms with Crippen LogP contribution in [0.2, 0.25) is 0 Å². The maximum atomic E-state index is 12.9. The minimum Gasteiger partial charge on any atom is -0.379 e. The summed E-state index contributed by atoms with van der Waals surface area (Å²) >= 11 is 0. The van der Waals surface area contributed by atoms with Gasteiger partial charge in [-0.1, -0.05) is 13.8 Å². The van der Waals surface area contributed by atoms with Gasteiger partial charge in [0.2, 0.25) is 0 Å². The molecule has 0 N–H and O–H groups in total. The molecule has 0 saturated carbocycles. The molecule has 3 heterocycles. The van der Waals surface area contributed by atoms with E-state index in [2.05, 4.69) is 0 Å². The maximum absolute atomic E-state index is 12.9. The van der Waals surface area contributed by atoms with Gasteiger partial charge in [-0.2, -0.15) is 0 Å². The predicted molar refractivity (Wildman–Crippen MR) is 99.8 cm³/mol. The zero-order valence-electron chi connectivity index (χ0n) is 16.5. The van der Waals surface area contributed by atoms with E-state index in [0.29, 0.717) is 26.4 Å². The molecule has 3 rings (SSSR count). The molecule has 3 unspecified atom stereocenters. The standard InChI is InChI=1S/C18H29N3O7/c1-3-5-25-10-13(26-6-4-2)7-19-16(22)20(8-14-11-27-14)18(24)21(17(19)23)9-15-12-28-15/h13-15H,3-12H2,1-2H3. The zero-order chi connectivity index (χ0) is 20.1. The van der Waals surface area contributed by atoms with Gasteiger partial charge in [-0.25, -0.2) is 28.1 Å². The molecule has 0 aromatic carbocycles. The molecule has 3 atom stereocenters. The quantitative estimate of drug-likeness (QED) is 0.315. The van der Waals surface area contributed by atoms with Crippen molar-refractivity contribution in [2.24, 2.45) is 0 Å². The molecule has 0 radical (unpaired) electrons. The third-order valence-corrected chi connectivity index (χ3v) is 4.56.